The Morgan fingerprint density at radius 1 is 2.00 bits per heavy atom. The second-order valence-electron chi connectivity index (χ2n) is 0.806. The van der Waals surface area contributed by atoms with Crippen LogP contribution >= 0.6 is 12.8 Å². The van der Waals surface area contributed by atoms with Crippen molar-refractivity contribution in [1.29, 1.82) is 0 Å². The quantitative estimate of drug-likeness (QED) is 0.441. The zero-order valence-electron chi connectivity index (χ0n) is 3.25. The van der Waals surface area contributed by atoms with Gasteiger partial charge < -0.3 is 5.11 Å². The summed E-state index contributed by atoms with van der Waals surface area (Å²) in [6.07, 6.45) is -1.04. The molecule has 3 nitrogen and oxygen atoms in total. The number of hydrogen-bond donors (Lipinski definition) is 2. The fraction of sp³-hybridized carbons (Fsp3) is 0.500. The third kappa shape index (κ3) is 1.90. The molecule has 0 aliphatic heterocycles. The van der Waals surface area contributed by atoms with Crippen molar-refractivity contribution in [3.05, 3.63) is 0 Å². The highest BCUT2D eigenvalue weighted by atomic mass is 32.1. The van der Waals surface area contributed by atoms with Gasteiger partial charge in [-0.2, -0.15) is 0 Å². The molecule has 0 aliphatic rings. The van der Waals surface area contributed by atoms with Crippen LogP contribution in [0.2, 0.25) is 0 Å². The van der Waals surface area contributed by atoms with E-state index < -0.39 is 6.09 Å². The first-order valence-corrected chi connectivity index (χ1v) is 1.70. The Balaban J connectivity index is 3.26. The molecule has 0 aromatic carbocycles. The Labute approximate surface area is 41.1 Å². The van der Waals surface area contributed by atoms with E-state index >= 15 is 0 Å². The summed E-state index contributed by atoms with van der Waals surface area (Å²) in [5.41, 5.74) is 0. The van der Waals surface area contributed by atoms with Crippen LogP contribution in [0.15, 0.2) is 0 Å². The molecular weight excluding hydrogens is 102 g/mol. The normalized spacial score (nSPS) is 7.67. The lowest BCUT2D eigenvalue weighted by Crippen LogP contribution is -2.11. The minimum Gasteiger partial charge on any atom is -0.464 e. The summed E-state index contributed by atoms with van der Waals surface area (Å²) < 4.78 is 0.778. The predicted molar refractivity (Wildman–Crippen MR) is 24.8 cm³/mol. The van der Waals surface area contributed by atoms with Gasteiger partial charge in [-0.25, -0.2) is 4.79 Å². The second-order valence-corrected chi connectivity index (χ2v) is 1.41. The van der Waals surface area contributed by atoms with E-state index in [4.69, 9.17) is 5.11 Å². The van der Waals surface area contributed by atoms with Gasteiger partial charge >= 0.3 is 6.09 Å². The number of thiol groups is 1. The summed E-state index contributed by atoms with van der Waals surface area (Å²) in [4.78, 5) is 9.55. The molecule has 0 atom stereocenters. The average Bonchev–Trinajstić information content (AvgIpc) is 1.36. The van der Waals surface area contributed by atoms with E-state index in [9.17, 15) is 4.79 Å². The molecule has 1 amide bonds. The molecule has 4 heteroatoms. The largest absolute Gasteiger partial charge is 0.464 e. The molecule has 6 heavy (non-hydrogen) atoms. The topological polar surface area (TPSA) is 40.5 Å². The molecule has 0 rings (SSSR count). The van der Waals surface area contributed by atoms with Crippen LogP contribution in [0.25, 0.3) is 0 Å². The minimum absolute atomic E-state index is 0.778. The van der Waals surface area contributed by atoms with Crippen molar-refractivity contribution in [3.63, 3.8) is 0 Å². The summed E-state index contributed by atoms with van der Waals surface area (Å²) in [5.74, 6) is 0. The Morgan fingerprint density at radius 3 is 2.17 bits per heavy atom. The van der Waals surface area contributed by atoms with E-state index in [1.807, 2.05) is 0 Å². The summed E-state index contributed by atoms with van der Waals surface area (Å²) in [7, 11) is 1.34. The molecule has 0 fully saturated rings. The Hall–Kier alpha value is -0.380. The van der Waals surface area contributed by atoms with E-state index in [1.165, 1.54) is 7.05 Å². The Kier molecular flexibility index (Phi) is 1.80. The maximum absolute atomic E-state index is 9.55. The van der Waals surface area contributed by atoms with Crippen molar-refractivity contribution >= 4 is 18.9 Å². The first-order chi connectivity index (χ1) is 2.64. The third-order valence-electron chi connectivity index (χ3n) is 0.277. The first-order valence-electron chi connectivity index (χ1n) is 1.30. The van der Waals surface area contributed by atoms with Gasteiger partial charge in [0.1, 0.15) is 0 Å². The smallest absolute Gasteiger partial charge is 0.416 e. The van der Waals surface area contributed by atoms with Gasteiger partial charge in [0, 0.05) is 7.05 Å². The molecule has 0 radical (unpaired) electrons. The number of carbonyl (C=O) groups is 1. The van der Waals surface area contributed by atoms with Crippen LogP contribution in [-0.4, -0.2) is 22.6 Å². The zero-order chi connectivity index (χ0) is 5.15. The number of amides is 1. The second kappa shape index (κ2) is 1.92. The first kappa shape index (κ1) is 5.62. The highest BCUT2D eigenvalue weighted by molar-refractivity contribution is 7.78. The van der Waals surface area contributed by atoms with Crippen LogP contribution in [0, 0.1) is 0 Å². The van der Waals surface area contributed by atoms with Gasteiger partial charge in [-0.15, -0.1) is 0 Å². The van der Waals surface area contributed by atoms with Gasteiger partial charge in [0.15, 0.2) is 0 Å². The van der Waals surface area contributed by atoms with Crippen molar-refractivity contribution in [1.82, 2.24) is 4.31 Å². The number of rotatable bonds is 0. The van der Waals surface area contributed by atoms with E-state index in [0.717, 1.165) is 4.31 Å². The summed E-state index contributed by atoms with van der Waals surface area (Å²) in [6.45, 7) is 0. The Morgan fingerprint density at radius 2 is 2.17 bits per heavy atom. The molecule has 0 aliphatic carbocycles. The van der Waals surface area contributed by atoms with Crippen molar-refractivity contribution in [3.8, 4) is 0 Å². The molecule has 36 valence electrons. The van der Waals surface area contributed by atoms with Gasteiger partial charge in [0.2, 0.25) is 0 Å². The van der Waals surface area contributed by atoms with Gasteiger partial charge in [-0.3, -0.25) is 4.31 Å². The average molecular weight is 107 g/mol. The molecule has 0 aromatic heterocycles. The van der Waals surface area contributed by atoms with Crippen molar-refractivity contribution in [2.24, 2.45) is 0 Å². The minimum atomic E-state index is -1.04. The number of nitrogens with zero attached hydrogens (tertiary/aromatic N) is 1. The van der Waals surface area contributed by atoms with Crippen LogP contribution < -0.4 is 0 Å². The lowest BCUT2D eigenvalue weighted by atomic mass is 11.1. The van der Waals surface area contributed by atoms with Gasteiger partial charge in [0.05, 0.1) is 0 Å². The van der Waals surface area contributed by atoms with Crippen molar-refractivity contribution < 1.29 is 9.90 Å². The standard InChI is InChI=1S/C2H5NO2S/c1-3(6)2(4)5/h6H,1H3,(H,4,5). The molecule has 0 bridgehead atoms. The predicted octanol–water partition coefficient (Wildman–Crippen LogP) is 0.441. The van der Waals surface area contributed by atoms with Crippen LogP contribution in [0.3, 0.4) is 0 Å². The van der Waals surface area contributed by atoms with Gasteiger partial charge in [0.25, 0.3) is 0 Å². The SMILES string of the molecule is CN(S)C(=O)O. The molecule has 0 saturated carbocycles. The molecule has 1 N–H and O–H groups in total. The van der Waals surface area contributed by atoms with Crippen molar-refractivity contribution in [2.45, 2.75) is 0 Å². The maximum Gasteiger partial charge on any atom is 0.416 e. The molecule has 0 heterocycles. The molecule has 0 aromatic rings. The van der Waals surface area contributed by atoms with Gasteiger partial charge in [-0.1, -0.05) is 12.8 Å². The molecular formula is C2H5NO2S. The van der Waals surface area contributed by atoms with Crippen LogP contribution in [0.1, 0.15) is 0 Å². The van der Waals surface area contributed by atoms with E-state index in [2.05, 4.69) is 12.8 Å². The number of hydrogen-bond acceptors (Lipinski definition) is 2. The summed E-state index contributed by atoms with van der Waals surface area (Å²) >= 11 is 3.43. The van der Waals surface area contributed by atoms with Crippen LogP contribution in [0.5, 0.6) is 0 Å². The van der Waals surface area contributed by atoms with E-state index in [-0.39, 0.29) is 0 Å². The maximum atomic E-state index is 9.55. The summed E-state index contributed by atoms with van der Waals surface area (Å²) in [5, 5.41) is 7.84. The molecule has 0 unspecified atom stereocenters. The molecule has 0 saturated heterocycles. The van der Waals surface area contributed by atoms with Crippen LogP contribution in [0.4, 0.5) is 4.79 Å². The third-order valence-corrected chi connectivity index (χ3v) is 0.448. The zero-order valence-corrected chi connectivity index (χ0v) is 4.14. The lowest BCUT2D eigenvalue weighted by Gasteiger charge is -1.97. The monoisotopic (exact) mass is 107 g/mol. The highest BCUT2D eigenvalue weighted by Gasteiger charge is 1.93. The van der Waals surface area contributed by atoms with E-state index in [1.54, 1.807) is 0 Å². The Bertz CT molecular complexity index is 62.6. The van der Waals surface area contributed by atoms with Crippen LogP contribution in [-0.2, 0) is 0 Å². The van der Waals surface area contributed by atoms with Gasteiger partial charge in [-0.05, 0) is 0 Å². The fourth-order valence-electron chi connectivity index (χ4n) is 0. The van der Waals surface area contributed by atoms with Crippen molar-refractivity contribution in [2.75, 3.05) is 7.05 Å². The highest BCUT2D eigenvalue weighted by Crippen LogP contribution is 1.83. The lowest BCUT2D eigenvalue weighted by molar-refractivity contribution is 0.181. The molecule has 0 spiro atoms. The summed E-state index contributed by atoms with van der Waals surface area (Å²) in [6, 6.07) is 0. The van der Waals surface area contributed by atoms with E-state index in [0.29, 0.717) is 0 Å². The number of carboxylic acid groups (broad SMARTS) is 1. The fourth-order valence-corrected chi connectivity index (χ4v) is 0.